The second-order valence-corrected chi connectivity index (χ2v) is 8.23. The van der Waals surface area contributed by atoms with E-state index >= 15 is 0 Å². The first-order valence-corrected chi connectivity index (χ1v) is 11.1. The summed E-state index contributed by atoms with van der Waals surface area (Å²) in [6.07, 6.45) is 6.09. The first-order valence-electron chi connectivity index (χ1n) is 10.1. The van der Waals surface area contributed by atoms with E-state index in [0.29, 0.717) is 17.2 Å². The van der Waals surface area contributed by atoms with Crippen LogP contribution in [-0.4, -0.2) is 33.4 Å². The summed E-state index contributed by atoms with van der Waals surface area (Å²) in [6, 6.07) is 17.4. The average molecular weight is 408 g/mol. The summed E-state index contributed by atoms with van der Waals surface area (Å²) < 4.78 is 7.31. The number of Topliss-reactive ketones (excluding diaryl/α,β-unsaturated/α-hetero) is 1. The number of carbonyl (C=O) groups is 1. The highest BCUT2D eigenvalue weighted by Crippen LogP contribution is 2.35. The Morgan fingerprint density at radius 1 is 1.03 bits per heavy atom. The maximum Gasteiger partial charge on any atom is 0.196 e. The van der Waals surface area contributed by atoms with Crippen molar-refractivity contribution in [2.24, 2.45) is 0 Å². The first kappa shape index (κ1) is 19.7. The average Bonchev–Trinajstić information content (AvgIpc) is 3.22. The molecule has 1 heterocycles. The molecule has 0 radical (unpaired) electrons. The van der Waals surface area contributed by atoms with E-state index in [1.807, 2.05) is 30.3 Å². The number of nitrogens with zero attached hydrogens (tertiary/aromatic N) is 3. The lowest BCUT2D eigenvalue weighted by atomic mass is 9.88. The smallest absolute Gasteiger partial charge is 0.196 e. The summed E-state index contributed by atoms with van der Waals surface area (Å²) in [7, 11) is 1.62. The van der Waals surface area contributed by atoms with Gasteiger partial charge in [-0.3, -0.25) is 9.36 Å². The van der Waals surface area contributed by atoms with Gasteiger partial charge < -0.3 is 4.74 Å². The number of hydrogen-bond acceptors (Lipinski definition) is 5. The van der Waals surface area contributed by atoms with E-state index < -0.39 is 0 Å². The zero-order valence-electron chi connectivity index (χ0n) is 16.6. The summed E-state index contributed by atoms with van der Waals surface area (Å²) >= 11 is 1.45. The first-order chi connectivity index (χ1) is 14.3. The summed E-state index contributed by atoms with van der Waals surface area (Å²) in [5.74, 6) is 2.59. The van der Waals surface area contributed by atoms with Crippen LogP contribution in [0.4, 0.5) is 0 Å². The number of ether oxygens (including phenoxy) is 1. The minimum Gasteiger partial charge on any atom is -0.497 e. The van der Waals surface area contributed by atoms with E-state index in [2.05, 4.69) is 26.9 Å². The lowest BCUT2D eigenvalue weighted by molar-refractivity contribution is 0.102. The Morgan fingerprint density at radius 3 is 2.45 bits per heavy atom. The van der Waals surface area contributed by atoms with E-state index in [0.717, 1.165) is 35.3 Å². The van der Waals surface area contributed by atoms with Gasteiger partial charge in [0, 0.05) is 17.2 Å². The van der Waals surface area contributed by atoms with Crippen LogP contribution < -0.4 is 4.74 Å². The molecule has 6 heteroatoms. The van der Waals surface area contributed by atoms with Crippen LogP contribution in [-0.2, 0) is 0 Å². The van der Waals surface area contributed by atoms with Gasteiger partial charge in [-0.1, -0.05) is 49.2 Å². The minimum absolute atomic E-state index is 0.0690. The molecule has 1 saturated carbocycles. The van der Waals surface area contributed by atoms with Gasteiger partial charge in [-0.2, -0.15) is 0 Å². The summed E-state index contributed by atoms with van der Waals surface area (Å²) in [5, 5.41) is 9.79. The topological polar surface area (TPSA) is 57.0 Å². The number of benzene rings is 2. The lowest BCUT2D eigenvalue weighted by Gasteiger charge is -2.22. The maximum atomic E-state index is 12.7. The molecule has 0 amide bonds. The third-order valence-electron chi connectivity index (χ3n) is 5.39. The van der Waals surface area contributed by atoms with Crippen molar-refractivity contribution < 1.29 is 9.53 Å². The van der Waals surface area contributed by atoms with Crippen LogP contribution in [0.2, 0.25) is 0 Å². The molecule has 0 aliphatic heterocycles. The molecule has 4 rings (SSSR count). The third kappa shape index (κ3) is 4.53. The van der Waals surface area contributed by atoms with Crippen molar-refractivity contribution in [2.75, 3.05) is 12.9 Å². The number of para-hydroxylation sites is 1. The van der Waals surface area contributed by atoms with Crippen molar-refractivity contribution in [3.8, 4) is 11.4 Å². The van der Waals surface area contributed by atoms with Gasteiger partial charge in [0.05, 0.1) is 12.9 Å². The van der Waals surface area contributed by atoms with Crippen molar-refractivity contribution in [2.45, 2.75) is 43.2 Å². The van der Waals surface area contributed by atoms with Crippen LogP contribution in [0.3, 0.4) is 0 Å². The molecule has 0 N–H and O–H groups in total. The standard InChI is InChI=1S/C23H25N3O2S/c1-28-20-14-12-17(13-15-20)21(27)16-29-23-25-24-22(18-8-4-2-5-9-18)26(23)19-10-6-3-7-11-19/h3,6-7,10-15,18H,2,4-5,8-9,16H2,1H3. The van der Waals surface area contributed by atoms with Crippen molar-refractivity contribution in [3.63, 3.8) is 0 Å². The van der Waals surface area contributed by atoms with Gasteiger partial charge in [-0.15, -0.1) is 10.2 Å². The highest BCUT2D eigenvalue weighted by atomic mass is 32.2. The highest BCUT2D eigenvalue weighted by Gasteiger charge is 2.24. The fourth-order valence-electron chi connectivity index (χ4n) is 3.81. The highest BCUT2D eigenvalue weighted by molar-refractivity contribution is 7.99. The molecule has 0 saturated heterocycles. The molecule has 2 aromatic carbocycles. The van der Waals surface area contributed by atoms with Crippen LogP contribution in [0.25, 0.3) is 5.69 Å². The Balaban J connectivity index is 1.56. The number of hydrogen-bond donors (Lipinski definition) is 0. The Bertz CT molecular complexity index is 948. The van der Waals surface area contributed by atoms with E-state index in [9.17, 15) is 4.79 Å². The van der Waals surface area contributed by atoms with E-state index in [-0.39, 0.29) is 5.78 Å². The predicted molar refractivity (Wildman–Crippen MR) is 115 cm³/mol. The van der Waals surface area contributed by atoms with Crippen molar-refractivity contribution >= 4 is 17.5 Å². The molecule has 1 aromatic heterocycles. The molecule has 0 unspecified atom stereocenters. The number of thioether (sulfide) groups is 1. The molecule has 5 nitrogen and oxygen atoms in total. The van der Waals surface area contributed by atoms with Crippen molar-refractivity contribution in [3.05, 3.63) is 66.0 Å². The molecule has 0 bridgehead atoms. The second kappa shape index (κ2) is 9.27. The maximum absolute atomic E-state index is 12.7. The molecule has 3 aromatic rings. The summed E-state index contributed by atoms with van der Waals surface area (Å²) in [5.41, 5.74) is 1.73. The number of aromatic nitrogens is 3. The molecular weight excluding hydrogens is 382 g/mol. The van der Waals surface area contributed by atoms with Gasteiger partial charge in [0.15, 0.2) is 10.9 Å². The van der Waals surface area contributed by atoms with Gasteiger partial charge in [-0.05, 0) is 49.2 Å². The minimum atomic E-state index is 0.0690. The van der Waals surface area contributed by atoms with Crippen LogP contribution in [0, 0.1) is 0 Å². The van der Waals surface area contributed by atoms with E-state index in [1.54, 1.807) is 19.2 Å². The molecule has 1 aliphatic rings. The number of carbonyl (C=O) groups excluding carboxylic acids is 1. The lowest BCUT2D eigenvalue weighted by Crippen LogP contribution is -2.12. The zero-order chi connectivity index (χ0) is 20.1. The fraction of sp³-hybridized carbons (Fsp3) is 0.348. The Labute approximate surface area is 175 Å². The molecule has 0 atom stereocenters. The van der Waals surface area contributed by atoms with Crippen LogP contribution >= 0.6 is 11.8 Å². The summed E-state index contributed by atoms with van der Waals surface area (Å²) in [4.78, 5) is 12.7. The number of rotatable bonds is 7. The molecule has 150 valence electrons. The quantitative estimate of drug-likeness (QED) is 0.393. The molecule has 0 spiro atoms. The fourth-order valence-corrected chi connectivity index (χ4v) is 4.66. The monoisotopic (exact) mass is 407 g/mol. The van der Waals surface area contributed by atoms with E-state index in [1.165, 1.54) is 31.0 Å². The predicted octanol–water partition coefficient (Wildman–Crippen LogP) is 5.30. The van der Waals surface area contributed by atoms with Crippen molar-refractivity contribution in [1.82, 2.24) is 14.8 Å². The van der Waals surface area contributed by atoms with Gasteiger partial charge >= 0.3 is 0 Å². The van der Waals surface area contributed by atoms with E-state index in [4.69, 9.17) is 4.74 Å². The Kier molecular flexibility index (Phi) is 6.30. The molecule has 29 heavy (non-hydrogen) atoms. The van der Waals surface area contributed by atoms with Gasteiger partial charge in [0.2, 0.25) is 0 Å². The molecule has 1 aliphatic carbocycles. The van der Waals surface area contributed by atoms with Gasteiger partial charge in [-0.25, -0.2) is 0 Å². The Hall–Kier alpha value is -2.60. The largest absolute Gasteiger partial charge is 0.497 e. The van der Waals surface area contributed by atoms with Crippen LogP contribution in [0.15, 0.2) is 59.8 Å². The normalized spacial score (nSPS) is 14.7. The van der Waals surface area contributed by atoms with Gasteiger partial charge in [0.1, 0.15) is 11.6 Å². The van der Waals surface area contributed by atoms with Gasteiger partial charge in [0.25, 0.3) is 0 Å². The second-order valence-electron chi connectivity index (χ2n) is 7.29. The molecular formula is C23H25N3O2S. The van der Waals surface area contributed by atoms with Crippen LogP contribution in [0.5, 0.6) is 5.75 Å². The number of methoxy groups -OCH3 is 1. The molecule has 1 fully saturated rings. The summed E-state index contributed by atoms with van der Waals surface area (Å²) in [6.45, 7) is 0. The van der Waals surface area contributed by atoms with Crippen LogP contribution in [0.1, 0.15) is 54.2 Å². The number of ketones is 1. The zero-order valence-corrected chi connectivity index (χ0v) is 17.4. The van der Waals surface area contributed by atoms with Crippen molar-refractivity contribution in [1.29, 1.82) is 0 Å². The SMILES string of the molecule is COc1ccc(C(=O)CSc2nnc(C3CCCCC3)n2-c2ccccc2)cc1. The Morgan fingerprint density at radius 2 is 1.76 bits per heavy atom. The third-order valence-corrected chi connectivity index (χ3v) is 6.32.